The van der Waals surface area contributed by atoms with Crippen molar-refractivity contribution in [3.05, 3.63) is 65.2 Å². The van der Waals surface area contributed by atoms with Gasteiger partial charge in [0.15, 0.2) is 0 Å². The molecule has 0 heterocycles. The van der Waals surface area contributed by atoms with Crippen LogP contribution in [0, 0.1) is 0 Å². The van der Waals surface area contributed by atoms with Crippen LogP contribution >= 0.6 is 0 Å². The minimum Gasteiger partial charge on any atom is -0.488 e. The number of benzene rings is 2. The Morgan fingerprint density at radius 3 is 2.52 bits per heavy atom. The number of rotatable bonds is 5. The Balaban J connectivity index is 2.23. The summed E-state index contributed by atoms with van der Waals surface area (Å²) in [4.78, 5) is 11.8. The van der Waals surface area contributed by atoms with Crippen molar-refractivity contribution in [2.24, 2.45) is 0 Å². The van der Waals surface area contributed by atoms with E-state index in [4.69, 9.17) is 9.47 Å². The lowest BCUT2D eigenvalue weighted by atomic mass is 10.1. The largest absolute Gasteiger partial charge is 0.488 e. The van der Waals surface area contributed by atoms with Gasteiger partial charge in [-0.05, 0) is 30.2 Å². The second kappa shape index (κ2) is 6.90. The first-order valence-corrected chi connectivity index (χ1v) is 6.69. The summed E-state index contributed by atoms with van der Waals surface area (Å²) in [6.45, 7) is 2.00. The van der Waals surface area contributed by atoms with Crippen LogP contribution in [0.3, 0.4) is 0 Å². The summed E-state index contributed by atoms with van der Waals surface area (Å²) >= 11 is 0. The van der Waals surface area contributed by atoms with Crippen LogP contribution in [-0.2, 0) is 11.3 Å². The fraction of sp³-hybridized carbons (Fsp3) is 0.235. The van der Waals surface area contributed by atoms with Crippen LogP contribution in [-0.4, -0.2) is 18.2 Å². The van der Waals surface area contributed by atoms with E-state index in [0.29, 0.717) is 23.5 Å². The fourth-order valence-electron chi connectivity index (χ4n) is 1.94. The van der Waals surface area contributed by atoms with Crippen molar-refractivity contribution in [3.63, 3.8) is 0 Å². The molecule has 4 nitrogen and oxygen atoms in total. The number of methoxy groups -OCH3 is 1. The molecule has 0 aliphatic rings. The van der Waals surface area contributed by atoms with E-state index < -0.39 is 12.1 Å². The Morgan fingerprint density at radius 1 is 1.19 bits per heavy atom. The average Bonchev–Trinajstić information content (AvgIpc) is 2.52. The maximum Gasteiger partial charge on any atom is 0.341 e. The maximum absolute atomic E-state index is 11.8. The molecule has 0 bridgehead atoms. The zero-order valence-electron chi connectivity index (χ0n) is 12.1. The molecule has 0 amide bonds. The molecule has 0 spiro atoms. The minimum absolute atomic E-state index is 0.312. The van der Waals surface area contributed by atoms with Gasteiger partial charge >= 0.3 is 5.97 Å². The van der Waals surface area contributed by atoms with E-state index in [9.17, 15) is 9.90 Å². The van der Waals surface area contributed by atoms with Gasteiger partial charge in [0.2, 0.25) is 0 Å². The molecule has 0 saturated carbocycles. The molecule has 1 unspecified atom stereocenters. The predicted molar refractivity (Wildman–Crippen MR) is 79.2 cm³/mol. The van der Waals surface area contributed by atoms with Crippen molar-refractivity contribution in [3.8, 4) is 5.75 Å². The third kappa shape index (κ3) is 3.83. The van der Waals surface area contributed by atoms with Crippen LogP contribution in [0.25, 0.3) is 0 Å². The van der Waals surface area contributed by atoms with E-state index in [1.807, 2.05) is 30.3 Å². The van der Waals surface area contributed by atoms with Crippen LogP contribution in [0.1, 0.15) is 34.5 Å². The number of hydrogen-bond acceptors (Lipinski definition) is 4. The summed E-state index contributed by atoms with van der Waals surface area (Å²) in [5.41, 5.74) is 1.96. The molecule has 21 heavy (non-hydrogen) atoms. The number of aliphatic hydroxyl groups excluding tert-OH is 1. The molecule has 2 aromatic rings. The van der Waals surface area contributed by atoms with Crippen molar-refractivity contribution < 1.29 is 19.4 Å². The number of carbonyl (C=O) groups excluding carboxylic acids is 1. The molecule has 110 valence electrons. The van der Waals surface area contributed by atoms with Gasteiger partial charge in [0.1, 0.15) is 17.9 Å². The van der Waals surface area contributed by atoms with Gasteiger partial charge in [-0.3, -0.25) is 0 Å². The molecule has 0 saturated heterocycles. The number of hydrogen-bond donors (Lipinski definition) is 1. The van der Waals surface area contributed by atoms with Gasteiger partial charge in [-0.1, -0.05) is 36.4 Å². The molecule has 1 atom stereocenters. The summed E-state index contributed by atoms with van der Waals surface area (Å²) < 4.78 is 10.5. The first-order valence-electron chi connectivity index (χ1n) is 6.69. The van der Waals surface area contributed by atoms with Crippen molar-refractivity contribution in [2.75, 3.05) is 7.11 Å². The van der Waals surface area contributed by atoms with Crippen LogP contribution in [0.5, 0.6) is 5.75 Å². The Morgan fingerprint density at radius 2 is 1.90 bits per heavy atom. The third-order valence-electron chi connectivity index (χ3n) is 3.13. The molecule has 1 N–H and O–H groups in total. The van der Waals surface area contributed by atoms with E-state index in [1.54, 1.807) is 25.1 Å². The Labute approximate surface area is 123 Å². The number of esters is 1. The molecule has 0 radical (unpaired) electrons. The summed E-state index contributed by atoms with van der Waals surface area (Å²) in [6.07, 6.45) is -0.656. The monoisotopic (exact) mass is 286 g/mol. The molecule has 0 aliphatic carbocycles. The fourth-order valence-corrected chi connectivity index (χ4v) is 1.94. The highest BCUT2D eigenvalue weighted by Gasteiger charge is 2.15. The second-order valence-corrected chi connectivity index (χ2v) is 4.70. The minimum atomic E-state index is -0.656. The second-order valence-electron chi connectivity index (χ2n) is 4.70. The van der Waals surface area contributed by atoms with E-state index in [1.165, 1.54) is 7.11 Å². The van der Waals surface area contributed by atoms with Crippen molar-refractivity contribution in [1.82, 2.24) is 0 Å². The van der Waals surface area contributed by atoms with Crippen LogP contribution in [0.4, 0.5) is 0 Å². The van der Waals surface area contributed by atoms with Gasteiger partial charge < -0.3 is 14.6 Å². The van der Waals surface area contributed by atoms with Gasteiger partial charge in [-0.2, -0.15) is 0 Å². The Bertz CT molecular complexity index is 605. The summed E-state index contributed by atoms with van der Waals surface area (Å²) in [7, 11) is 1.32. The topological polar surface area (TPSA) is 55.8 Å². The molecule has 4 heteroatoms. The van der Waals surface area contributed by atoms with Crippen LogP contribution in [0.2, 0.25) is 0 Å². The smallest absolute Gasteiger partial charge is 0.341 e. The average molecular weight is 286 g/mol. The van der Waals surface area contributed by atoms with Gasteiger partial charge in [-0.15, -0.1) is 0 Å². The summed E-state index contributed by atoms with van der Waals surface area (Å²) in [6, 6.07) is 14.7. The first kappa shape index (κ1) is 15.1. The van der Waals surface area contributed by atoms with Gasteiger partial charge in [-0.25, -0.2) is 4.79 Å². The lowest BCUT2D eigenvalue weighted by Gasteiger charge is -2.13. The molecule has 0 aliphatic heterocycles. The lowest BCUT2D eigenvalue weighted by molar-refractivity contribution is 0.0595. The van der Waals surface area contributed by atoms with Crippen LogP contribution < -0.4 is 4.74 Å². The third-order valence-corrected chi connectivity index (χ3v) is 3.13. The molecular formula is C17H18O4. The quantitative estimate of drug-likeness (QED) is 0.858. The van der Waals surface area contributed by atoms with Gasteiger partial charge in [0, 0.05) is 0 Å². The Hall–Kier alpha value is -2.33. The zero-order valence-corrected chi connectivity index (χ0v) is 12.1. The van der Waals surface area contributed by atoms with E-state index in [2.05, 4.69) is 0 Å². The standard InChI is InChI=1S/C17H18O4/c1-12(18)14-8-9-16(15(10-14)17(19)20-2)21-11-13-6-4-3-5-7-13/h3-10,12,18H,11H2,1-2H3. The van der Waals surface area contributed by atoms with E-state index in [0.717, 1.165) is 5.56 Å². The van der Waals surface area contributed by atoms with Crippen molar-refractivity contribution in [2.45, 2.75) is 19.6 Å². The molecule has 0 aromatic heterocycles. The zero-order chi connectivity index (χ0) is 15.2. The number of ether oxygens (including phenoxy) is 2. The van der Waals surface area contributed by atoms with Crippen molar-refractivity contribution >= 4 is 5.97 Å². The number of aliphatic hydroxyl groups is 1. The molecular weight excluding hydrogens is 268 g/mol. The highest BCUT2D eigenvalue weighted by Crippen LogP contribution is 2.25. The highest BCUT2D eigenvalue weighted by atomic mass is 16.5. The SMILES string of the molecule is COC(=O)c1cc(C(C)O)ccc1OCc1ccccc1. The number of carbonyl (C=O) groups is 1. The lowest BCUT2D eigenvalue weighted by Crippen LogP contribution is -2.07. The maximum atomic E-state index is 11.8. The van der Waals surface area contributed by atoms with Crippen molar-refractivity contribution in [1.29, 1.82) is 0 Å². The van der Waals surface area contributed by atoms with Crippen LogP contribution in [0.15, 0.2) is 48.5 Å². The molecule has 2 aromatic carbocycles. The highest BCUT2D eigenvalue weighted by molar-refractivity contribution is 5.92. The predicted octanol–water partition coefficient (Wildman–Crippen LogP) is 3.11. The first-order chi connectivity index (χ1) is 10.1. The normalized spacial score (nSPS) is 11.8. The molecule has 2 rings (SSSR count). The Kier molecular flexibility index (Phi) is 4.95. The summed E-state index contributed by atoms with van der Waals surface area (Å²) in [5.74, 6) is -0.0457. The van der Waals surface area contributed by atoms with E-state index in [-0.39, 0.29) is 0 Å². The van der Waals surface area contributed by atoms with Gasteiger partial charge in [0.25, 0.3) is 0 Å². The van der Waals surface area contributed by atoms with E-state index >= 15 is 0 Å². The summed E-state index contributed by atoms with van der Waals surface area (Å²) in [5, 5.41) is 9.61. The molecule has 0 fully saturated rings. The van der Waals surface area contributed by atoms with Gasteiger partial charge in [0.05, 0.1) is 13.2 Å².